The lowest BCUT2D eigenvalue weighted by Gasteiger charge is -2.09. The van der Waals surface area contributed by atoms with Crippen LogP contribution in [0.2, 0.25) is 0 Å². The molecular weight excluding hydrogens is 463 g/mol. The molecule has 0 aliphatic carbocycles. The number of nitrogens with two attached hydrogens (primary N) is 1. The molecule has 0 atom stereocenters. The van der Waals surface area contributed by atoms with Crippen molar-refractivity contribution in [3.8, 4) is 22.3 Å². The second kappa shape index (κ2) is 8.90. The monoisotopic (exact) mass is 482 g/mol. The van der Waals surface area contributed by atoms with Gasteiger partial charge in [-0.15, -0.1) is 23.1 Å². The van der Waals surface area contributed by atoms with Crippen molar-refractivity contribution in [1.82, 2.24) is 0 Å². The lowest BCUT2D eigenvalue weighted by Crippen LogP contribution is -2.08. The maximum absolute atomic E-state index is 14.8. The summed E-state index contributed by atoms with van der Waals surface area (Å²) in [5, 5.41) is 7.62. The van der Waals surface area contributed by atoms with E-state index < -0.39 is 9.84 Å². The number of thioether (sulfide) groups is 1. The number of hydrogen-bond donors (Lipinski definition) is 2. The molecule has 0 fully saturated rings. The number of nitrogen functional groups attached to an aromatic ring is 1. The third-order valence-corrected chi connectivity index (χ3v) is 9.28. The molecule has 32 heavy (non-hydrogen) atoms. The van der Waals surface area contributed by atoms with Crippen LogP contribution in [0.4, 0.5) is 4.39 Å². The average Bonchev–Trinajstić information content (AvgIpc) is 3.26. The number of amidine groups is 1. The Labute approximate surface area is 194 Å². The first-order chi connectivity index (χ1) is 15.3. The summed E-state index contributed by atoms with van der Waals surface area (Å²) in [5.74, 6) is -0.551. The van der Waals surface area contributed by atoms with Crippen LogP contribution in [0.25, 0.3) is 22.3 Å². The van der Waals surface area contributed by atoms with Crippen molar-refractivity contribution >= 4 is 38.8 Å². The molecule has 8 heteroatoms. The van der Waals surface area contributed by atoms with Gasteiger partial charge in [0, 0.05) is 5.56 Å². The molecule has 0 radical (unpaired) electrons. The molecule has 1 aromatic heterocycles. The molecule has 0 aliphatic heterocycles. The lowest BCUT2D eigenvalue weighted by molar-refractivity contribution is 0.595. The van der Waals surface area contributed by atoms with Crippen molar-refractivity contribution in [3.05, 3.63) is 89.6 Å². The molecule has 162 valence electrons. The van der Waals surface area contributed by atoms with Gasteiger partial charge < -0.3 is 5.73 Å². The van der Waals surface area contributed by atoms with Crippen molar-refractivity contribution in [2.45, 2.75) is 14.0 Å². The van der Waals surface area contributed by atoms with Crippen LogP contribution in [-0.4, -0.2) is 20.5 Å². The highest BCUT2D eigenvalue weighted by Crippen LogP contribution is 2.38. The van der Waals surface area contributed by atoms with E-state index in [4.69, 9.17) is 11.1 Å². The normalized spacial score (nSPS) is 11.4. The predicted molar refractivity (Wildman–Crippen MR) is 130 cm³/mol. The number of hydrogen-bond acceptors (Lipinski definition) is 5. The van der Waals surface area contributed by atoms with E-state index in [0.717, 1.165) is 5.56 Å². The van der Waals surface area contributed by atoms with Gasteiger partial charge in [-0.2, -0.15) is 0 Å². The van der Waals surface area contributed by atoms with Crippen molar-refractivity contribution in [2.24, 2.45) is 5.73 Å². The van der Waals surface area contributed by atoms with E-state index in [1.165, 1.54) is 41.3 Å². The number of sulfone groups is 1. The van der Waals surface area contributed by atoms with Gasteiger partial charge in [-0.3, -0.25) is 5.41 Å². The summed E-state index contributed by atoms with van der Waals surface area (Å²) in [6.45, 7) is 0. The fourth-order valence-corrected chi connectivity index (χ4v) is 7.24. The highest BCUT2D eigenvalue weighted by atomic mass is 32.2. The van der Waals surface area contributed by atoms with Crippen LogP contribution in [0.3, 0.4) is 0 Å². The van der Waals surface area contributed by atoms with Crippen LogP contribution in [0.15, 0.2) is 92.9 Å². The van der Waals surface area contributed by atoms with Crippen molar-refractivity contribution in [2.75, 3.05) is 6.26 Å². The SMILES string of the molecule is CSc1sc(C(=N)N)cc1S(=O)(=O)c1cccc(-c2ccc(-c3ccccc3)c(F)c2)c1. The number of thiophene rings is 1. The lowest BCUT2D eigenvalue weighted by atomic mass is 10.00. The molecule has 0 unspecified atom stereocenters. The van der Waals surface area contributed by atoms with Crippen LogP contribution < -0.4 is 5.73 Å². The Hall–Kier alpha value is -2.94. The zero-order chi connectivity index (χ0) is 22.9. The van der Waals surface area contributed by atoms with Gasteiger partial charge in [0.25, 0.3) is 0 Å². The molecule has 4 rings (SSSR count). The summed E-state index contributed by atoms with van der Waals surface area (Å²) >= 11 is 2.47. The highest BCUT2D eigenvalue weighted by Gasteiger charge is 2.25. The molecule has 0 bridgehead atoms. The van der Waals surface area contributed by atoms with Gasteiger partial charge in [-0.05, 0) is 47.2 Å². The zero-order valence-corrected chi connectivity index (χ0v) is 19.5. The number of halogens is 1. The minimum absolute atomic E-state index is 0.103. The smallest absolute Gasteiger partial charge is 0.208 e. The average molecular weight is 483 g/mol. The van der Waals surface area contributed by atoms with E-state index in [1.54, 1.807) is 36.6 Å². The number of nitrogens with one attached hydrogen (secondary N) is 1. The van der Waals surface area contributed by atoms with E-state index in [1.807, 2.05) is 30.3 Å². The van der Waals surface area contributed by atoms with E-state index in [0.29, 0.717) is 25.8 Å². The first-order valence-electron chi connectivity index (χ1n) is 9.54. The predicted octanol–water partition coefficient (Wildman–Crippen LogP) is 6.06. The minimum atomic E-state index is -3.84. The van der Waals surface area contributed by atoms with Crippen LogP contribution in [0.1, 0.15) is 4.88 Å². The minimum Gasteiger partial charge on any atom is -0.383 e. The van der Waals surface area contributed by atoms with Gasteiger partial charge in [0.1, 0.15) is 11.7 Å². The largest absolute Gasteiger partial charge is 0.383 e. The first kappa shape index (κ1) is 22.3. The molecular formula is C24H19FN2O2S3. The third-order valence-electron chi connectivity index (χ3n) is 4.94. The first-order valence-corrected chi connectivity index (χ1v) is 13.1. The van der Waals surface area contributed by atoms with E-state index in [-0.39, 0.29) is 21.4 Å². The summed E-state index contributed by atoms with van der Waals surface area (Å²) in [5.41, 5.74) is 7.99. The summed E-state index contributed by atoms with van der Waals surface area (Å²) in [6, 6.07) is 22.0. The summed E-state index contributed by atoms with van der Waals surface area (Å²) < 4.78 is 42.1. The standard InChI is InChI=1S/C24H19FN2O2S3/c1-30-24-22(14-21(31-24)23(26)27)32(28,29)18-9-5-8-16(12-18)17-10-11-19(20(25)13-17)15-6-3-2-4-7-15/h2-14H,1H3,(H3,26,27). The molecule has 4 aromatic rings. The molecule has 4 nitrogen and oxygen atoms in total. The molecule has 1 heterocycles. The number of benzene rings is 3. The third kappa shape index (κ3) is 4.21. The highest BCUT2D eigenvalue weighted by molar-refractivity contribution is 8.01. The molecule has 0 amide bonds. The Bertz CT molecular complexity index is 1410. The van der Waals surface area contributed by atoms with Crippen LogP contribution in [0, 0.1) is 11.2 Å². The van der Waals surface area contributed by atoms with Gasteiger partial charge in [0.15, 0.2) is 0 Å². The van der Waals surface area contributed by atoms with Crippen LogP contribution in [0.5, 0.6) is 0 Å². The molecule has 3 aromatic carbocycles. The molecule has 0 aliphatic rings. The Morgan fingerprint density at radius 1 is 0.938 bits per heavy atom. The fraction of sp³-hybridized carbons (Fsp3) is 0.0417. The number of rotatable bonds is 6. The van der Waals surface area contributed by atoms with Crippen LogP contribution in [-0.2, 0) is 9.84 Å². The van der Waals surface area contributed by atoms with Gasteiger partial charge in [-0.1, -0.05) is 54.6 Å². The van der Waals surface area contributed by atoms with Crippen molar-refractivity contribution in [1.29, 1.82) is 5.41 Å². The Balaban J connectivity index is 1.75. The molecule has 0 saturated heterocycles. The van der Waals surface area contributed by atoms with E-state index in [9.17, 15) is 12.8 Å². The van der Waals surface area contributed by atoms with Gasteiger partial charge >= 0.3 is 0 Å². The zero-order valence-electron chi connectivity index (χ0n) is 17.0. The Morgan fingerprint density at radius 3 is 2.28 bits per heavy atom. The maximum Gasteiger partial charge on any atom is 0.208 e. The van der Waals surface area contributed by atoms with Crippen LogP contribution >= 0.6 is 23.1 Å². The second-order valence-electron chi connectivity index (χ2n) is 6.97. The van der Waals surface area contributed by atoms with E-state index >= 15 is 0 Å². The maximum atomic E-state index is 14.8. The second-order valence-corrected chi connectivity index (χ2v) is 11.0. The van der Waals surface area contributed by atoms with Gasteiger partial charge in [0.05, 0.1) is 18.9 Å². The summed E-state index contributed by atoms with van der Waals surface area (Å²) in [7, 11) is -3.84. The van der Waals surface area contributed by atoms with Crippen molar-refractivity contribution < 1.29 is 12.8 Å². The Kier molecular flexibility index (Phi) is 6.19. The van der Waals surface area contributed by atoms with Gasteiger partial charge in [-0.25, -0.2) is 12.8 Å². The van der Waals surface area contributed by atoms with Gasteiger partial charge in [0.2, 0.25) is 9.84 Å². The fourth-order valence-electron chi connectivity index (χ4n) is 3.34. The van der Waals surface area contributed by atoms with Crippen molar-refractivity contribution in [3.63, 3.8) is 0 Å². The summed E-state index contributed by atoms with van der Waals surface area (Å²) in [6.07, 6.45) is 1.78. The molecule has 0 spiro atoms. The Morgan fingerprint density at radius 2 is 1.62 bits per heavy atom. The summed E-state index contributed by atoms with van der Waals surface area (Å²) in [4.78, 5) is 0.636. The quantitative estimate of drug-likeness (QED) is 0.199. The van der Waals surface area contributed by atoms with E-state index in [2.05, 4.69) is 0 Å². The topological polar surface area (TPSA) is 84.0 Å². The molecule has 0 saturated carbocycles. The molecule has 3 N–H and O–H groups in total.